The molecule has 0 aliphatic carbocycles. The number of carbonyl (C=O) groups excluding carboxylic acids is 2. The fourth-order valence-electron chi connectivity index (χ4n) is 2.18. The zero-order chi connectivity index (χ0) is 14.8. The summed E-state index contributed by atoms with van der Waals surface area (Å²) in [5.41, 5.74) is 1.18. The summed E-state index contributed by atoms with van der Waals surface area (Å²) in [6.07, 6.45) is 0.859. The highest BCUT2D eigenvalue weighted by Gasteiger charge is 2.23. The van der Waals surface area contributed by atoms with E-state index in [1.165, 1.54) is 16.5 Å². The van der Waals surface area contributed by atoms with Crippen molar-refractivity contribution in [3.05, 3.63) is 44.4 Å². The van der Waals surface area contributed by atoms with Gasteiger partial charge in [0.05, 0.1) is 0 Å². The summed E-state index contributed by atoms with van der Waals surface area (Å²) < 4.78 is 10.5. The highest BCUT2D eigenvalue weighted by molar-refractivity contribution is 9.10. The van der Waals surface area contributed by atoms with Gasteiger partial charge in [0.25, 0.3) is 5.91 Å². The van der Waals surface area contributed by atoms with E-state index >= 15 is 0 Å². The van der Waals surface area contributed by atoms with Gasteiger partial charge in [-0.05, 0) is 51.5 Å². The van der Waals surface area contributed by atoms with E-state index in [0.29, 0.717) is 17.8 Å². The first-order valence-corrected chi connectivity index (χ1v) is 8.06. The molecule has 2 aromatic heterocycles. The predicted molar refractivity (Wildman–Crippen MR) is 80.1 cm³/mol. The molecule has 5 nitrogen and oxygen atoms in total. The number of furan rings is 1. The normalized spacial score (nSPS) is 13.9. The lowest BCUT2D eigenvalue weighted by molar-refractivity contribution is -0.135. The number of rotatable bonds is 3. The molecule has 0 saturated carbocycles. The summed E-state index contributed by atoms with van der Waals surface area (Å²) in [5, 5.41) is 2.04. The molecule has 0 aromatic carbocycles. The first-order chi connectivity index (χ1) is 10.1. The Bertz CT molecular complexity index is 678. The first kappa shape index (κ1) is 14.3. The van der Waals surface area contributed by atoms with Crippen LogP contribution in [0.25, 0.3) is 0 Å². The van der Waals surface area contributed by atoms with Crippen molar-refractivity contribution in [3.63, 3.8) is 0 Å². The van der Waals surface area contributed by atoms with Crippen LogP contribution >= 0.6 is 27.3 Å². The van der Waals surface area contributed by atoms with Crippen molar-refractivity contribution in [2.45, 2.75) is 13.0 Å². The van der Waals surface area contributed by atoms with Crippen LogP contribution in [0.1, 0.15) is 21.0 Å². The molecule has 3 rings (SSSR count). The van der Waals surface area contributed by atoms with Gasteiger partial charge in [0.1, 0.15) is 0 Å². The summed E-state index contributed by atoms with van der Waals surface area (Å²) in [5.74, 6) is -0.749. The number of carbonyl (C=O) groups is 2. The molecular weight excluding hydrogens is 358 g/mol. The Labute approximate surface area is 133 Å². The van der Waals surface area contributed by atoms with Crippen LogP contribution in [0.2, 0.25) is 0 Å². The minimum absolute atomic E-state index is 0.0773. The van der Waals surface area contributed by atoms with Crippen molar-refractivity contribution in [3.8, 4) is 0 Å². The molecule has 21 heavy (non-hydrogen) atoms. The van der Waals surface area contributed by atoms with Gasteiger partial charge in [-0.2, -0.15) is 0 Å². The maximum absolute atomic E-state index is 12.1. The van der Waals surface area contributed by atoms with Crippen molar-refractivity contribution >= 4 is 39.1 Å². The summed E-state index contributed by atoms with van der Waals surface area (Å²) in [6, 6.07) is 5.13. The fourth-order valence-corrected chi connectivity index (χ4v) is 3.37. The molecule has 1 amide bonds. The number of hydrogen-bond acceptors (Lipinski definition) is 5. The molecular formula is C14H12BrNO4S. The number of amides is 1. The fraction of sp³-hybridized carbons (Fsp3) is 0.286. The van der Waals surface area contributed by atoms with Crippen LogP contribution in [-0.2, 0) is 22.5 Å². The summed E-state index contributed by atoms with van der Waals surface area (Å²) in [4.78, 5) is 26.8. The van der Waals surface area contributed by atoms with E-state index in [2.05, 4.69) is 15.9 Å². The molecule has 1 aliphatic rings. The smallest absolute Gasteiger partial charge is 0.374 e. The van der Waals surface area contributed by atoms with E-state index in [1.54, 1.807) is 22.3 Å². The highest BCUT2D eigenvalue weighted by Crippen LogP contribution is 2.24. The van der Waals surface area contributed by atoms with Gasteiger partial charge in [-0.3, -0.25) is 4.79 Å². The minimum Gasteiger partial charge on any atom is -0.450 e. The molecule has 7 heteroatoms. The lowest BCUT2D eigenvalue weighted by Gasteiger charge is -2.26. The standard InChI is InChI=1S/C14H12BrNO4S/c15-12-2-1-10(20-12)14(18)19-8-13(17)16-5-3-11-9(7-16)4-6-21-11/h1-2,4,6H,3,5,7-8H2. The summed E-state index contributed by atoms with van der Waals surface area (Å²) >= 11 is 4.82. The van der Waals surface area contributed by atoms with Gasteiger partial charge in [0, 0.05) is 18.0 Å². The van der Waals surface area contributed by atoms with E-state index < -0.39 is 5.97 Å². The Kier molecular flexibility index (Phi) is 4.12. The van der Waals surface area contributed by atoms with E-state index in [9.17, 15) is 9.59 Å². The van der Waals surface area contributed by atoms with Gasteiger partial charge in [0.2, 0.25) is 5.76 Å². The lowest BCUT2D eigenvalue weighted by atomic mass is 10.1. The average Bonchev–Trinajstić information content (AvgIpc) is 3.12. The number of halogens is 1. The van der Waals surface area contributed by atoms with Crippen molar-refractivity contribution in [2.24, 2.45) is 0 Å². The maximum Gasteiger partial charge on any atom is 0.374 e. The Morgan fingerprint density at radius 2 is 2.24 bits per heavy atom. The van der Waals surface area contributed by atoms with Crippen molar-refractivity contribution in [1.29, 1.82) is 0 Å². The predicted octanol–water partition coefficient (Wildman–Crippen LogP) is 2.85. The maximum atomic E-state index is 12.1. The zero-order valence-corrected chi connectivity index (χ0v) is 13.4. The molecule has 0 bridgehead atoms. The zero-order valence-electron chi connectivity index (χ0n) is 11.0. The van der Waals surface area contributed by atoms with Gasteiger partial charge in [-0.15, -0.1) is 11.3 Å². The molecule has 1 aliphatic heterocycles. The third kappa shape index (κ3) is 3.19. The topological polar surface area (TPSA) is 59.8 Å². The van der Waals surface area contributed by atoms with Gasteiger partial charge in [-0.25, -0.2) is 4.79 Å². The molecule has 0 saturated heterocycles. The van der Waals surface area contributed by atoms with E-state index in [-0.39, 0.29) is 18.3 Å². The van der Waals surface area contributed by atoms with Crippen molar-refractivity contribution < 1.29 is 18.7 Å². The minimum atomic E-state index is -0.637. The van der Waals surface area contributed by atoms with Crippen LogP contribution in [0.15, 0.2) is 32.7 Å². The van der Waals surface area contributed by atoms with Crippen LogP contribution in [0.3, 0.4) is 0 Å². The second kappa shape index (κ2) is 6.03. The van der Waals surface area contributed by atoms with E-state index in [4.69, 9.17) is 9.15 Å². The van der Waals surface area contributed by atoms with Crippen LogP contribution in [0.4, 0.5) is 0 Å². The molecule has 3 heterocycles. The number of thiophene rings is 1. The Balaban J connectivity index is 1.54. The van der Waals surface area contributed by atoms with Crippen molar-refractivity contribution in [1.82, 2.24) is 4.90 Å². The third-order valence-corrected chi connectivity index (χ3v) is 4.71. The molecule has 110 valence electrons. The van der Waals surface area contributed by atoms with Crippen LogP contribution in [0, 0.1) is 0 Å². The second-order valence-corrected chi connectivity index (χ2v) is 6.40. The van der Waals surface area contributed by atoms with Crippen LogP contribution in [0.5, 0.6) is 0 Å². The van der Waals surface area contributed by atoms with Crippen LogP contribution < -0.4 is 0 Å². The summed E-state index contributed by atoms with van der Waals surface area (Å²) in [7, 11) is 0. The number of nitrogens with zero attached hydrogens (tertiary/aromatic N) is 1. The molecule has 2 aromatic rings. The summed E-state index contributed by atoms with van der Waals surface area (Å²) in [6.45, 7) is 0.980. The quantitative estimate of drug-likeness (QED) is 0.780. The molecule has 0 atom stereocenters. The monoisotopic (exact) mass is 369 g/mol. The van der Waals surface area contributed by atoms with Crippen molar-refractivity contribution in [2.75, 3.05) is 13.2 Å². The molecule has 0 spiro atoms. The Morgan fingerprint density at radius 1 is 1.38 bits per heavy atom. The van der Waals surface area contributed by atoms with Gasteiger partial charge >= 0.3 is 5.97 Å². The third-order valence-electron chi connectivity index (χ3n) is 3.26. The Morgan fingerprint density at radius 3 is 3.00 bits per heavy atom. The van der Waals surface area contributed by atoms with Gasteiger partial charge in [0.15, 0.2) is 11.3 Å². The van der Waals surface area contributed by atoms with Gasteiger partial charge < -0.3 is 14.1 Å². The SMILES string of the molecule is O=C(OCC(=O)N1CCc2sccc2C1)c1ccc(Br)o1. The highest BCUT2D eigenvalue weighted by atomic mass is 79.9. The second-order valence-electron chi connectivity index (χ2n) is 4.61. The number of esters is 1. The number of fused-ring (bicyclic) bond motifs is 1. The first-order valence-electron chi connectivity index (χ1n) is 6.39. The van der Waals surface area contributed by atoms with E-state index in [1.807, 2.05) is 11.4 Å². The average molecular weight is 370 g/mol. The van der Waals surface area contributed by atoms with E-state index in [0.717, 1.165) is 6.42 Å². The molecule has 0 unspecified atom stereocenters. The van der Waals surface area contributed by atoms with Crippen LogP contribution in [-0.4, -0.2) is 29.9 Å². The molecule has 0 fully saturated rings. The number of hydrogen-bond donors (Lipinski definition) is 0. The van der Waals surface area contributed by atoms with Gasteiger partial charge in [-0.1, -0.05) is 0 Å². The Hall–Kier alpha value is -1.60. The molecule has 0 radical (unpaired) electrons. The molecule has 0 N–H and O–H groups in total. The largest absolute Gasteiger partial charge is 0.450 e. The lowest BCUT2D eigenvalue weighted by Crippen LogP contribution is -2.38. The number of ether oxygens (including phenoxy) is 1.